The SMILES string of the molecule is CCOC(=O)[C@@H]1[C@H]2CN(C(=O)Cc3cccnc3)C[C@@H]2C=C[C@@H]1C.O=CO. The Balaban J connectivity index is 0.000000817. The smallest absolute Gasteiger partial charge is 0.309 e. The summed E-state index contributed by atoms with van der Waals surface area (Å²) in [5, 5.41) is 6.89. The molecule has 2 aliphatic rings. The molecule has 1 aromatic heterocycles. The molecule has 0 bridgehead atoms. The summed E-state index contributed by atoms with van der Waals surface area (Å²) < 4.78 is 5.27. The summed E-state index contributed by atoms with van der Waals surface area (Å²) >= 11 is 0. The molecule has 2 heterocycles. The molecule has 1 fully saturated rings. The minimum atomic E-state index is -0.250. The Kier molecular flexibility index (Phi) is 7.52. The van der Waals surface area contributed by atoms with E-state index in [-0.39, 0.29) is 42.0 Å². The van der Waals surface area contributed by atoms with Crippen LogP contribution in [0, 0.1) is 23.7 Å². The Bertz CT molecular complexity index is 676. The number of carboxylic acid groups (broad SMARTS) is 1. The highest BCUT2D eigenvalue weighted by Crippen LogP contribution is 2.40. The second-order valence-corrected chi connectivity index (χ2v) is 6.79. The summed E-state index contributed by atoms with van der Waals surface area (Å²) in [6, 6.07) is 3.75. The zero-order valence-electron chi connectivity index (χ0n) is 15.7. The number of fused-ring (bicyclic) bond motifs is 1. The van der Waals surface area contributed by atoms with Gasteiger partial charge in [-0.3, -0.25) is 19.4 Å². The number of rotatable bonds is 4. The van der Waals surface area contributed by atoms with Crippen molar-refractivity contribution in [1.82, 2.24) is 9.88 Å². The van der Waals surface area contributed by atoms with Gasteiger partial charge >= 0.3 is 5.97 Å². The maximum absolute atomic E-state index is 12.6. The van der Waals surface area contributed by atoms with Gasteiger partial charge in [-0.05, 0) is 36.3 Å². The predicted molar refractivity (Wildman–Crippen MR) is 98.6 cm³/mol. The van der Waals surface area contributed by atoms with E-state index in [1.165, 1.54) is 0 Å². The van der Waals surface area contributed by atoms with E-state index in [1.807, 2.05) is 24.0 Å². The number of carbonyl (C=O) groups excluding carboxylic acids is 2. The Hall–Kier alpha value is -2.70. The van der Waals surface area contributed by atoms with Crippen LogP contribution in [0.4, 0.5) is 0 Å². The average molecular weight is 374 g/mol. The number of ether oxygens (including phenoxy) is 1. The van der Waals surface area contributed by atoms with E-state index in [9.17, 15) is 9.59 Å². The molecule has 146 valence electrons. The van der Waals surface area contributed by atoms with E-state index in [0.29, 0.717) is 26.1 Å². The monoisotopic (exact) mass is 374 g/mol. The summed E-state index contributed by atoms with van der Waals surface area (Å²) in [6.07, 6.45) is 8.05. The molecule has 0 spiro atoms. The van der Waals surface area contributed by atoms with Gasteiger partial charge in [0.05, 0.1) is 18.9 Å². The zero-order chi connectivity index (χ0) is 19.8. The lowest BCUT2D eigenvalue weighted by Crippen LogP contribution is -2.37. The number of nitrogens with zero attached hydrogens (tertiary/aromatic N) is 2. The third-order valence-electron chi connectivity index (χ3n) is 5.09. The normalized spacial score (nSPS) is 25.8. The lowest BCUT2D eigenvalue weighted by molar-refractivity contribution is -0.152. The molecule has 1 aromatic rings. The van der Waals surface area contributed by atoms with Gasteiger partial charge in [0.15, 0.2) is 0 Å². The third-order valence-corrected chi connectivity index (χ3v) is 5.09. The van der Waals surface area contributed by atoms with Crippen molar-refractivity contribution in [1.29, 1.82) is 0 Å². The van der Waals surface area contributed by atoms with Gasteiger partial charge in [-0.1, -0.05) is 25.1 Å². The first-order valence-corrected chi connectivity index (χ1v) is 9.11. The molecule has 1 aliphatic carbocycles. The predicted octanol–water partition coefficient (Wildman–Crippen LogP) is 1.78. The van der Waals surface area contributed by atoms with E-state index in [0.717, 1.165) is 5.56 Å². The standard InChI is InChI=1S/C19H24N2O3.CH2O2/c1-3-24-19(23)18-13(2)6-7-15-11-21(12-16(15)18)17(22)9-14-5-4-8-20-10-14;2-1-3/h4-8,10,13,15-16,18H,3,9,11-12H2,1-2H3;1H,(H,2,3)/t13-,15-,16-,18-;/m0./s1. The molecule has 0 radical (unpaired) electrons. The van der Waals surface area contributed by atoms with Gasteiger partial charge in [-0.15, -0.1) is 0 Å². The fourth-order valence-electron chi connectivity index (χ4n) is 3.89. The van der Waals surface area contributed by atoms with Gasteiger partial charge in [0.2, 0.25) is 5.91 Å². The molecule has 0 aromatic carbocycles. The highest BCUT2D eigenvalue weighted by atomic mass is 16.5. The van der Waals surface area contributed by atoms with Gasteiger partial charge < -0.3 is 14.7 Å². The van der Waals surface area contributed by atoms with Crippen molar-refractivity contribution < 1.29 is 24.2 Å². The second-order valence-electron chi connectivity index (χ2n) is 6.79. The Morgan fingerprint density at radius 1 is 1.37 bits per heavy atom. The lowest BCUT2D eigenvalue weighted by Gasteiger charge is -2.31. The first-order chi connectivity index (χ1) is 13.0. The molecule has 7 nitrogen and oxygen atoms in total. The van der Waals surface area contributed by atoms with Crippen LogP contribution in [-0.2, 0) is 25.5 Å². The van der Waals surface area contributed by atoms with Gasteiger partial charge in [-0.25, -0.2) is 0 Å². The molecule has 1 saturated heterocycles. The van der Waals surface area contributed by atoms with Crippen molar-refractivity contribution in [3.8, 4) is 0 Å². The quantitative estimate of drug-likeness (QED) is 0.490. The molecule has 27 heavy (non-hydrogen) atoms. The van der Waals surface area contributed by atoms with Crippen LogP contribution in [0.3, 0.4) is 0 Å². The molecule has 1 amide bonds. The third kappa shape index (κ3) is 5.15. The van der Waals surface area contributed by atoms with Crippen LogP contribution in [0.15, 0.2) is 36.7 Å². The van der Waals surface area contributed by atoms with Crippen LogP contribution in [0.25, 0.3) is 0 Å². The second kappa shape index (κ2) is 9.85. The summed E-state index contributed by atoms with van der Waals surface area (Å²) in [7, 11) is 0. The van der Waals surface area contributed by atoms with Crippen LogP contribution in [0.2, 0.25) is 0 Å². The van der Waals surface area contributed by atoms with Crippen molar-refractivity contribution >= 4 is 18.3 Å². The fraction of sp³-hybridized carbons (Fsp3) is 0.500. The summed E-state index contributed by atoms with van der Waals surface area (Å²) in [5.41, 5.74) is 0.920. The Morgan fingerprint density at radius 2 is 2.11 bits per heavy atom. The van der Waals surface area contributed by atoms with E-state index < -0.39 is 0 Å². The van der Waals surface area contributed by atoms with Crippen molar-refractivity contribution in [3.05, 3.63) is 42.2 Å². The van der Waals surface area contributed by atoms with E-state index in [1.54, 1.807) is 12.4 Å². The number of pyridine rings is 1. The van der Waals surface area contributed by atoms with Gasteiger partial charge in [0, 0.05) is 25.5 Å². The molecule has 7 heteroatoms. The molecule has 1 aliphatic heterocycles. The van der Waals surface area contributed by atoms with Crippen LogP contribution in [0.5, 0.6) is 0 Å². The van der Waals surface area contributed by atoms with Crippen LogP contribution in [-0.4, -0.2) is 53.0 Å². The van der Waals surface area contributed by atoms with Gasteiger partial charge in [0.25, 0.3) is 6.47 Å². The van der Waals surface area contributed by atoms with Crippen molar-refractivity contribution in [2.75, 3.05) is 19.7 Å². The highest BCUT2D eigenvalue weighted by Gasteiger charge is 2.45. The number of carbonyl (C=O) groups is 3. The van der Waals surface area contributed by atoms with Gasteiger partial charge in [0.1, 0.15) is 0 Å². The fourth-order valence-corrected chi connectivity index (χ4v) is 3.89. The number of hydrogen-bond donors (Lipinski definition) is 1. The van der Waals surface area contributed by atoms with Crippen molar-refractivity contribution in [2.24, 2.45) is 23.7 Å². The number of aromatic nitrogens is 1. The number of hydrogen-bond acceptors (Lipinski definition) is 5. The Morgan fingerprint density at radius 3 is 2.74 bits per heavy atom. The number of likely N-dealkylation sites (tertiary alicyclic amines) is 1. The molecule has 1 N–H and O–H groups in total. The lowest BCUT2D eigenvalue weighted by atomic mass is 9.72. The van der Waals surface area contributed by atoms with Crippen molar-refractivity contribution in [3.63, 3.8) is 0 Å². The minimum Gasteiger partial charge on any atom is -0.483 e. The summed E-state index contributed by atoms with van der Waals surface area (Å²) in [4.78, 5) is 39.3. The van der Waals surface area contributed by atoms with Crippen molar-refractivity contribution in [2.45, 2.75) is 20.3 Å². The van der Waals surface area contributed by atoms with Gasteiger partial charge in [-0.2, -0.15) is 0 Å². The van der Waals surface area contributed by atoms with E-state index >= 15 is 0 Å². The van der Waals surface area contributed by atoms with Crippen LogP contribution >= 0.6 is 0 Å². The summed E-state index contributed by atoms with van der Waals surface area (Å²) in [6.45, 7) is 5.34. The average Bonchev–Trinajstić information content (AvgIpc) is 3.07. The van der Waals surface area contributed by atoms with E-state index in [4.69, 9.17) is 14.6 Å². The van der Waals surface area contributed by atoms with E-state index in [2.05, 4.69) is 24.1 Å². The largest absolute Gasteiger partial charge is 0.483 e. The minimum absolute atomic E-state index is 0.0982. The van der Waals surface area contributed by atoms with Crippen LogP contribution in [0.1, 0.15) is 19.4 Å². The Labute approximate surface area is 159 Å². The maximum atomic E-state index is 12.6. The first kappa shape index (κ1) is 20.6. The number of allylic oxidation sites excluding steroid dienone is 1. The molecule has 0 unspecified atom stereocenters. The topological polar surface area (TPSA) is 96.8 Å². The summed E-state index contributed by atoms with van der Waals surface area (Å²) in [5.74, 6) is 0.358. The highest BCUT2D eigenvalue weighted by molar-refractivity contribution is 5.79. The molecular formula is C20H26N2O5. The molecular weight excluding hydrogens is 348 g/mol. The molecule has 0 saturated carbocycles. The molecule has 4 atom stereocenters. The number of amides is 1. The first-order valence-electron chi connectivity index (χ1n) is 9.11. The molecule has 3 rings (SSSR count). The number of esters is 1. The maximum Gasteiger partial charge on any atom is 0.309 e. The van der Waals surface area contributed by atoms with Crippen LogP contribution < -0.4 is 0 Å². The zero-order valence-corrected chi connectivity index (χ0v) is 15.7.